The highest BCUT2D eigenvalue weighted by molar-refractivity contribution is 7.89. The van der Waals surface area contributed by atoms with Crippen LogP contribution >= 0.6 is 0 Å². The van der Waals surface area contributed by atoms with Crippen molar-refractivity contribution in [2.75, 3.05) is 13.7 Å². The summed E-state index contributed by atoms with van der Waals surface area (Å²) in [4.78, 5) is 12.2. The van der Waals surface area contributed by atoms with E-state index in [4.69, 9.17) is 9.88 Å². The molecule has 0 heterocycles. The molecule has 118 valence electrons. The van der Waals surface area contributed by atoms with Crippen molar-refractivity contribution in [3.8, 4) is 0 Å². The van der Waals surface area contributed by atoms with Crippen molar-refractivity contribution in [1.29, 1.82) is 0 Å². The van der Waals surface area contributed by atoms with E-state index in [9.17, 15) is 13.2 Å². The Balaban J connectivity index is 3.11. The predicted octanol–water partition coefficient (Wildman–Crippen LogP) is 1.11. The minimum absolute atomic E-state index is 0.0377. The topological polar surface area (TPSA) is 98.5 Å². The van der Waals surface area contributed by atoms with Crippen molar-refractivity contribution in [2.45, 2.75) is 38.2 Å². The number of rotatable bonds is 5. The number of hydrogen-bond donors (Lipinski definition) is 2. The van der Waals surface area contributed by atoms with Crippen LogP contribution in [0.2, 0.25) is 0 Å². The van der Waals surface area contributed by atoms with Crippen LogP contribution in [0.1, 0.15) is 35.3 Å². The van der Waals surface area contributed by atoms with E-state index in [-0.39, 0.29) is 16.4 Å². The molecule has 1 amide bonds. The molecule has 1 aromatic rings. The molecule has 7 heteroatoms. The van der Waals surface area contributed by atoms with Gasteiger partial charge >= 0.3 is 0 Å². The second kappa shape index (κ2) is 6.13. The molecule has 0 bridgehead atoms. The van der Waals surface area contributed by atoms with Crippen LogP contribution < -0.4 is 10.5 Å². The Kier molecular flexibility index (Phi) is 5.14. The third kappa shape index (κ3) is 4.52. The third-order valence-corrected chi connectivity index (χ3v) is 4.35. The first-order chi connectivity index (χ1) is 9.48. The number of ether oxygens (including phenoxy) is 1. The van der Waals surface area contributed by atoms with Gasteiger partial charge in [0.2, 0.25) is 10.0 Å². The van der Waals surface area contributed by atoms with Crippen LogP contribution in [0.5, 0.6) is 0 Å². The summed E-state index contributed by atoms with van der Waals surface area (Å²) in [5.41, 5.74) is 0.991. The van der Waals surface area contributed by atoms with Crippen LogP contribution in [0, 0.1) is 13.8 Å². The highest BCUT2D eigenvalue weighted by Gasteiger charge is 2.21. The van der Waals surface area contributed by atoms with Crippen molar-refractivity contribution in [3.63, 3.8) is 0 Å². The average Bonchev–Trinajstić information content (AvgIpc) is 2.34. The van der Waals surface area contributed by atoms with Crippen LogP contribution in [-0.4, -0.2) is 33.6 Å². The van der Waals surface area contributed by atoms with Crippen LogP contribution in [0.3, 0.4) is 0 Å². The van der Waals surface area contributed by atoms with E-state index in [1.54, 1.807) is 27.0 Å². The molecule has 0 aromatic heterocycles. The molecule has 0 spiro atoms. The Labute approximate surface area is 125 Å². The molecule has 0 radical (unpaired) electrons. The summed E-state index contributed by atoms with van der Waals surface area (Å²) in [6, 6.07) is 2.95. The lowest BCUT2D eigenvalue weighted by atomic mass is 10.0. The fourth-order valence-electron chi connectivity index (χ4n) is 1.84. The lowest BCUT2D eigenvalue weighted by Gasteiger charge is -2.23. The quantitative estimate of drug-likeness (QED) is 0.850. The van der Waals surface area contributed by atoms with Gasteiger partial charge in [0.15, 0.2) is 0 Å². The molecule has 0 fully saturated rings. The molecule has 1 aromatic carbocycles. The summed E-state index contributed by atoms with van der Waals surface area (Å²) >= 11 is 0. The zero-order valence-corrected chi connectivity index (χ0v) is 13.8. The van der Waals surface area contributed by atoms with E-state index in [0.29, 0.717) is 17.7 Å². The predicted molar refractivity (Wildman–Crippen MR) is 80.7 cm³/mol. The molecule has 0 unspecified atom stereocenters. The molecule has 0 saturated carbocycles. The maximum atomic E-state index is 12.2. The van der Waals surface area contributed by atoms with Gasteiger partial charge in [-0.15, -0.1) is 0 Å². The number of methoxy groups -OCH3 is 1. The SMILES string of the molecule is COC(C)(C)CNC(=O)c1cc(S(N)(=O)=O)c(C)cc1C. The molecule has 6 nitrogen and oxygen atoms in total. The van der Waals surface area contributed by atoms with Gasteiger partial charge in [-0.05, 0) is 44.9 Å². The summed E-state index contributed by atoms with van der Waals surface area (Å²) < 4.78 is 28.3. The van der Waals surface area contributed by atoms with Crippen LogP contribution in [0.15, 0.2) is 17.0 Å². The van der Waals surface area contributed by atoms with Gasteiger partial charge in [0.25, 0.3) is 5.91 Å². The summed E-state index contributed by atoms with van der Waals surface area (Å²) in [5, 5.41) is 7.89. The number of nitrogens with two attached hydrogens (primary N) is 1. The van der Waals surface area contributed by atoms with Gasteiger partial charge in [0.05, 0.1) is 10.5 Å². The highest BCUT2D eigenvalue weighted by Crippen LogP contribution is 2.19. The largest absolute Gasteiger partial charge is 0.377 e. The van der Waals surface area contributed by atoms with Gasteiger partial charge in [-0.1, -0.05) is 6.07 Å². The van der Waals surface area contributed by atoms with Crippen molar-refractivity contribution >= 4 is 15.9 Å². The number of hydrogen-bond acceptors (Lipinski definition) is 4. The molecular weight excluding hydrogens is 292 g/mol. The standard InChI is InChI=1S/C14H22N2O4S/c1-9-6-10(2)12(21(15,18)19)7-11(9)13(17)16-8-14(3,4)20-5/h6-7H,8H2,1-5H3,(H,16,17)(H2,15,18,19). The first-order valence-corrected chi connectivity index (χ1v) is 8.00. The molecule has 21 heavy (non-hydrogen) atoms. The van der Waals surface area contributed by atoms with Gasteiger partial charge in [-0.2, -0.15) is 0 Å². The number of carbonyl (C=O) groups is 1. The monoisotopic (exact) mass is 314 g/mol. The Morgan fingerprint density at radius 1 is 1.29 bits per heavy atom. The molecule has 0 atom stereocenters. The normalized spacial score (nSPS) is 12.3. The van der Waals surface area contributed by atoms with Gasteiger partial charge in [-0.3, -0.25) is 4.79 Å². The fourth-order valence-corrected chi connectivity index (χ4v) is 2.63. The smallest absolute Gasteiger partial charge is 0.251 e. The Morgan fingerprint density at radius 2 is 1.86 bits per heavy atom. The highest BCUT2D eigenvalue weighted by atomic mass is 32.2. The van der Waals surface area contributed by atoms with E-state index in [0.717, 1.165) is 0 Å². The van der Waals surface area contributed by atoms with E-state index in [1.165, 1.54) is 6.07 Å². The Hall–Kier alpha value is -1.44. The minimum Gasteiger partial charge on any atom is -0.377 e. The fraction of sp³-hybridized carbons (Fsp3) is 0.500. The number of amides is 1. The van der Waals surface area contributed by atoms with E-state index in [1.807, 2.05) is 13.8 Å². The maximum Gasteiger partial charge on any atom is 0.251 e. The van der Waals surface area contributed by atoms with E-state index < -0.39 is 15.6 Å². The second-order valence-electron chi connectivity index (χ2n) is 5.62. The molecular formula is C14H22N2O4S. The van der Waals surface area contributed by atoms with Gasteiger partial charge in [0, 0.05) is 19.2 Å². The van der Waals surface area contributed by atoms with Crippen molar-refractivity contribution < 1.29 is 17.9 Å². The molecule has 0 aliphatic heterocycles. The lowest BCUT2D eigenvalue weighted by molar-refractivity contribution is 0.0228. The third-order valence-electron chi connectivity index (χ3n) is 3.30. The summed E-state index contributed by atoms with van der Waals surface area (Å²) in [5.74, 6) is -0.359. The second-order valence-corrected chi connectivity index (χ2v) is 7.15. The molecule has 0 saturated heterocycles. The molecule has 0 aliphatic rings. The van der Waals surface area contributed by atoms with Crippen LogP contribution in [0.4, 0.5) is 0 Å². The van der Waals surface area contributed by atoms with E-state index in [2.05, 4.69) is 5.32 Å². The van der Waals surface area contributed by atoms with Crippen molar-refractivity contribution in [3.05, 3.63) is 28.8 Å². The number of carbonyl (C=O) groups excluding carboxylic acids is 1. The van der Waals surface area contributed by atoms with Crippen molar-refractivity contribution in [2.24, 2.45) is 5.14 Å². The first-order valence-electron chi connectivity index (χ1n) is 6.45. The molecule has 3 N–H and O–H groups in total. The van der Waals surface area contributed by atoms with Crippen LogP contribution in [0.25, 0.3) is 0 Å². The summed E-state index contributed by atoms with van der Waals surface area (Å²) in [7, 11) is -2.30. The average molecular weight is 314 g/mol. The lowest BCUT2D eigenvalue weighted by Crippen LogP contribution is -2.40. The number of aryl methyl sites for hydroxylation is 2. The minimum atomic E-state index is -3.86. The molecule has 1 rings (SSSR count). The maximum absolute atomic E-state index is 12.2. The Morgan fingerprint density at radius 3 is 2.33 bits per heavy atom. The number of primary sulfonamides is 1. The number of benzene rings is 1. The zero-order chi connectivity index (χ0) is 16.4. The van der Waals surface area contributed by atoms with Gasteiger partial charge in [-0.25, -0.2) is 13.6 Å². The van der Waals surface area contributed by atoms with E-state index >= 15 is 0 Å². The first kappa shape index (κ1) is 17.6. The van der Waals surface area contributed by atoms with Crippen molar-refractivity contribution in [1.82, 2.24) is 5.32 Å². The van der Waals surface area contributed by atoms with Crippen LogP contribution in [-0.2, 0) is 14.8 Å². The molecule has 0 aliphatic carbocycles. The number of sulfonamides is 1. The summed E-state index contributed by atoms with van der Waals surface area (Å²) in [6.07, 6.45) is 0. The zero-order valence-electron chi connectivity index (χ0n) is 13.0. The Bertz CT molecular complexity index is 651. The summed E-state index contributed by atoms with van der Waals surface area (Å²) in [6.45, 7) is 7.37. The number of nitrogens with one attached hydrogen (secondary N) is 1. The van der Waals surface area contributed by atoms with Gasteiger partial charge in [0.1, 0.15) is 0 Å². The van der Waals surface area contributed by atoms with Gasteiger partial charge < -0.3 is 10.1 Å².